The minimum Gasteiger partial charge on any atom is -0.370 e. The van der Waals surface area contributed by atoms with Crippen LogP contribution in [0, 0.1) is 0 Å². The lowest BCUT2D eigenvalue weighted by Crippen LogP contribution is -2.12. The molecule has 0 aliphatic heterocycles. The van der Waals surface area contributed by atoms with E-state index in [-0.39, 0.29) is 6.04 Å². The molecule has 2 heterocycles. The van der Waals surface area contributed by atoms with Gasteiger partial charge in [0.25, 0.3) is 0 Å². The molecule has 0 amide bonds. The van der Waals surface area contributed by atoms with Crippen LogP contribution in [0.25, 0.3) is 0 Å². The van der Waals surface area contributed by atoms with Crippen LogP contribution in [0.15, 0.2) is 30.9 Å². The minimum atomic E-state index is 0.174. The zero-order valence-corrected chi connectivity index (χ0v) is 12.2. The molecule has 0 bridgehead atoms. The van der Waals surface area contributed by atoms with Gasteiger partial charge in [0.1, 0.15) is 18.0 Å². The maximum Gasteiger partial charge on any atom is 0.135 e. The molecule has 1 unspecified atom stereocenters. The molecule has 106 valence electrons. The Bertz CT molecular complexity index is 541. The van der Waals surface area contributed by atoms with Crippen LogP contribution in [0.5, 0.6) is 0 Å². The Balaban J connectivity index is 2.22. The molecule has 2 N–H and O–H groups in total. The van der Waals surface area contributed by atoms with Crippen LogP contribution in [0.1, 0.15) is 37.9 Å². The monoisotopic (exact) mass is 271 g/mol. The largest absolute Gasteiger partial charge is 0.370 e. The van der Waals surface area contributed by atoms with Gasteiger partial charge in [-0.2, -0.15) is 0 Å². The van der Waals surface area contributed by atoms with Gasteiger partial charge in [-0.1, -0.05) is 6.92 Å². The molecule has 5 nitrogen and oxygen atoms in total. The molecule has 5 heteroatoms. The van der Waals surface area contributed by atoms with E-state index in [0.717, 1.165) is 30.2 Å². The lowest BCUT2D eigenvalue weighted by Gasteiger charge is -2.18. The van der Waals surface area contributed by atoms with E-state index in [9.17, 15) is 0 Å². The summed E-state index contributed by atoms with van der Waals surface area (Å²) in [6.45, 7) is 7.14. The number of nitrogens with one attached hydrogen (secondary N) is 2. The lowest BCUT2D eigenvalue weighted by atomic mass is 10.1. The maximum absolute atomic E-state index is 4.38. The highest BCUT2D eigenvalue weighted by Gasteiger charge is 2.12. The van der Waals surface area contributed by atoms with E-state index >= 15 is 0 Å². The van der Waals surface area contributed by atoms with Crippen LogP contribution >= 0.6 is 0 Å². The van der Waals surface area contributed by atoms with Crippen molar-refractivity contribution in [3.05, 3.63) is 42.0 Å². The second kappa shape index (κ2) is 6.84. The fourth-order valence-corrected chi connectivity index (χ4v) is 2.13. The first-order chi connectivity index (χ1) is 9.76. The summed E-state index contributed by atoms with van der Waals surface area (Å²) in [6.07, 6.45) is 6.09. The van der Waals surface area contributed by atoms with Crippen LogP contribution < -0.4 is 10.6 Å². The van der Waals surface area contributed by atoms with Crippen molar-refractivity contribution in [1.29, 1.82) is 0 Å². The van der Waals surface area contributed by atoms with E-state index in [1.54, 1.807) is 18.7 Å². The van der Waals surface area contributed by atoms with Gasteiger partial charge in [0.05, 0.1) is 6.04 Å². The molecule has 0 radical (unpaired) electrons. The quantitative estimate of drug-likeness (QED) is 0.845. The Labute approximate surface area is 119 Å². The first-order valence-electron chi connectivity index (χ1n) is 7.00. The molecular formula is C15H21N5. The van der Waals surface area contributed by atoms with Crippen molar-refractivity contribution < 1.29 is 0 Å². The molecule has 20 heavy (non-hydrogen) atoms. The Hall–Kier alpha value is -2.17. The number of aromatic nitrogens is 3. The molecule has 0 aliphatic carbocycles. The number of rotatable bonds is 6. The number of anilines is 2. The van der Waals surface area contributed by atoms with Crippen molar-refractivity contribution in [3.63, 3.8) is 0 Å². The normalized spacial score (nSPS) is 11.9. The molecule has 2 aromatic heterocycles. The van der Waals surface area contributed by atoms with E-state index in [0.29, 0.717) is 0 Å². The van der Waals surface area contributed by atoms with E-state index in [2.05, 4.69) is 46.4 Å². The topological polar surface area (TPSA) is 62.7 Å². The van der Waals surface area contributed by atoms with Crippen molar-refractivity contribution in [3.8, 4) is 0 Å². The third-order valence-electron chi connectivity index (χ3n) is 3.20. The number of pyridine rings is 1. The first kappa shape index (κ1) is 14.2. The maximum atomic E-state index is 4.38. The summed E-state index contributed by atoms with van der Waals surface area (Å²) in [5.74, 6) is 1.80. The Morgan fingerprint density at radius 2 is 1.80 bits per heavy atom. The van der Waals surface area contributed by atoms with Gasteiger partial charge in [0, 0.05) is 24.5 Å². The summed E-state index contributed by atoms with van der Waals surface area (Å²) < 4.78 is 0. The summed E-state index contributed by atoms with van der Waals surface area (Å²) in [4.78, 5) is 12.7. The van der Waals surface area contributed by atoms with E-state index in [1.165, 1.54) is 5.56 Å². The number of nitrogens with zero attached hydrogens (tertiary/aromatic N) is 3. The molecule has 2 rings (SSSR count). The third kappa shape index (κ3) is 3.23. The molecule has 1 atom stereocenters. The second-order valence-electron chi connectivity index (χ2n) is 4.58. The Kier molecular flexibility index (Phi) is 4.87. The highest BCUT2D eigenvalue weighted by atomic mass is 15.1. The Morgan fingerprint density at radius 3 is 2.45 bits per heavy atom. The highest BCUT2D eigenvalue weighted by Crippen LogP contribution is 2.24. The fraction of sp³-hybridized carbons (Fsp3) is 0.400. The van der Waals surface area contributed by atoms with Gasteiger partial charge < -0.3 is 10.6 Å². The predicted octanol–water partition coefficient (Wildman–Crippen LogP) is 3.04. The zero-order valence-electron chi connectivity index (χ0n) is 12.2. The molecular weight excluding hydrogens is 250 g/mol. The minimum absolute atomic E-state index is 0.174. The average molecular weight is 271 g/mol. The highest BCUT2D eigenvalue weighted by molar-refractivity contribution is 5.58. The zero-order chi connectivity index (χ0) is 14.4. The summed E-state index contributed by atoms with van der Waals surface area (Å²) >= 11 is 0. The van der Waals surface area contributed by atoms with Gasteiger partial charge in [-0.05, 0) is 38.0 Å². The van der Waals surface area contributed by atoms with Crippen molar-refractivity contribution in [1.82, 2.24) is 15.0 Å². The molecule has 0 aromatic carbocycles. The summed E-state index contributed by atoms with van der Waals surface area (Å²) in [5, 5.41) is 6.74. The van der Waals surface area contributed by atoms with E-state index in [1.807, 2.05) is 12.1 Å². The van der Waals surface area contributed by atoms with Crippen LogP contribution in [-0.2, 0) is 6.42 Å². The molecule has 0 fully saturated rings. The van der Waals surface area contributed by atoms with Crippen molar-refractivity contribution in [2.24, 2.45) is 0 Å². The lowest BCUT2D eigenvalue weighted by molar-refractivity contribution is 0.859. The molecule has 2 aromatic rings. The smallest absolute Gasteiger partial charge is 0.135 e. The Morgan fingerprint density at radius 1 is 1.10 bits per heavy atom. The van der Waals surface area contributed by atoms with Crippen LogP contribution in [-0.4, -0.2) is 21.5 Å². The van der Waals surface area contributed by atoms with E-state index in [4.69, 9.17) is 0 Å². The summed E-state index contributed by atoms with van der Waals surface area (Å²) in [5.41, 5.74) is 2.31. The van der Waals surface area contributed by atoms with Crippen molar-refractivity contribution in [2.45, 2.75) is 33.2 Å². The van der Waals surface area contributed by atoms with Crippen LogP contribution in [0.4, 0.5) is 11.6 Å². The fourth-order valence-electron chi connectivity index (χ4n) is 2.13. The summed E-state index contributed by atoms with van der Waals surface area (Å²) in [7, 11) is 0. The SMILES string of the molecule is CCNc1ncnc(NC(C)c2ccncc2)c1CC. The van der Waals surface area contributed by atoms with Gasteiger partial charge in [-0.25, -0.2) is 9.97 Å². The molecule has 0 spiro atoms. The standard InChI is InChI=1S/C15H21N5/c1-4-13-14(17-5-2)18-10-19-15(13)20-11(3)12-6-8-16-9-7-12/h6-11H,4-5H2,1-3H3,(H2,17,18,19,20). The van der Waals surface area contributed by atoms with Gasteiger partial charge in [-0.15, -0.1) is 0 Å². The van der Waals surface area contributed by atoms with Crippen LogP contribution in [0.2, 0.25) is 0 Å². The third-order valence-corrected chi connectivity index (χ3v) is 3.20. The number of hydrogen-bond donors (Lipinski definition) is 2. The van der Waals surface area contributed by atoms with Crippen molar-refractivity contribution >= 4 is 11.6 Å². The van der Waals surface area contributed by atoms with Crippen molar-refractivity contribution in [2.75, 3.05) is 17.2 Å². The van der Waals surface area contributed by atoms with Gasteiger partial charge in [0.2, 0.25) is 0 Å². The molecule has 0 saturated heterocycles. The van der Waals surface area contributed by atoms with Gasteiger partial charge in [0.15, 0.2) is 0 Å². The van der Waals surface area contributed by atoms with Gasteiger partial charge in [-0.3, -0.25) is 4.98 Å². The predicted molar refractivity (Wildman–Crippen MR) is 81.8 cm³/mol. The molecule has 0 aliphatic rings. The first-order valence-corrected chi connectivity index (χ1v) is 7.00. The van der Waals surface area contributed by atoms with E-state index < -0.39 is 0 Å². The number of hydrogen-bond acceptors (Lipinski definition) is 5. The van der Waals surface area contributed by atoms with Gasteiger partial charge >= 0.3 is 0 Å². The van der Waals surface area contributed by atoms with Crippen LogP contribution in [0.3, 0.4) is 0 Å². The average Bonchev–Trinajstić information content (AvgIpc) is 2.49. The molecule has 0 saturated carbocycles. The summed E-state index contributed by atoms with van der Waals surface area (Å²) in [6, 6.07) is 4.19. The second-order valence-corrected chi connectivity index (χ2v) is 4.58.